The number of anilines is 1. The van der Waals surface area contributed by atoms with Crippen LogP contribution in [0.5, 0.6) is 5.75 Å². The molecule has 0 N–H and O–H groups in total. The van der Waals surface area contributed by atoms with Crippen LogP contribution >= 0.6 is 0 Å². The van der Waals surface area contributed by atoms with Gasteiger partial charge in [0.1, 0.15) is 11.6 Å². The summed E-state index contributed by atoms with van der Waals surface area (Å²) in [6.07, 6.45) is 2.42. The number of nitrogens with zero attached hydrogens (tertiary/aromatic N) is 2. The molecule has 0 aromatic heterocycles. The second kappa shape index (κ2) is 7.44. The Kier molecular flexibility index (Phi) is 4.88. The minimum atomic E-state index is -0.218. The van der Waals surface area contributed by atoms with Crippen molar-refractivity contribution in [1.29, 1.82) is 0 Å². The molecule has 25 heavy (non-hydrogen) atoms. The third kappa shape index (κ3) is 3.96. The summed E-state index contributed by atoms with van der Waals surface area (Å²) >= 11 is 0. The molecule has 2 saturated heterocycles. The Morgan fingerprint density at radius 1 is 0.920 bits per heavy atom. The summed E-state index contributed by atoms with van der Waals surface area (Å²) in [4.78, 5) is 5.14. The minimum absolute atomic E-state index is 0.218. The summed E-state index contributed by atoms with van der Waals surface area (Å²) in [5.41, 5.74) is 1.34. The topological polar surface area (TPSA) is 15.7 Å². The van der Waals surface area contributed by atoms with Crippen molar-refractivity contribution in [2.45, 2.75) is 18.9 Å². The Hall–Kier alpha value is -2.07. The fourth-order valence-corrected chi connectivity index (χ4v) is 4.01. The van der Waals surface area contributed by atoms with Gasteiger partial charge in [0.25, 0.3) is 0 Å². The number of piperidine rings is 1. The van der Waals surface area contributed by atoms with Crippen LogP contribution in [-0.2, 0) is 0 Å². The summed E-state index contributed by atoms with van der Waals surface area (Å²) in [6.45, 7) is 5.15. The molecule has 2 atom stereocenters. The van der Waals surface area contributed by atoms with E-state index in [4.69, 9.17) is 4.74 Å². The standard InChI is InChI=1S/C21H25FN2O/c22-18-7-10-21(11-8-18)25-16-17-6-9-20-15-24(13-12-23(20)14-17)19-4-2-1-3-5-19/h1-5,7-8,10-11,17,20H,6,9,12-16H2/t17-,20?/m1/s1. The molecular formula is C21H25FN2O. The Morgan fingerprint density at radius 3 is 2.52 bits per heavy atom. The Bertz CT molecular complexity index is 676. The molecule has 0 bridgehead atoms. The van der Waals surface area contributed by atoms with E-state index in [9.17, 15) is 4.39 Å². The van der Waals surface area contributed by atoms with Gasteiger partial charge in [-0.2, -0.15) is 0 Å². The van der Waals surface area contributed by atoms with Crippen LogP contribution in [0.2, 0.25) is 0 Å². The Morgan fingerprint density at radius 2 is 1.72 bits per heavy atom. The van der Waals surface area contributed by atoms with Crippen molar-refractivity contribution in [2.24, 2.45) is 5.92 Å². The summed E-state index contributed by atoms with van der Waals surface area (Å²) in [5, 5.41) is 0. The third-order valence-corrected chi connectivity index (χ3v) is 5.43. The van der Waals surface area contributed by atoms with E-state index in [2.05, 4.69) is 40.1 Å². The lowest BCUT2D eigenvalue weighted by Crippen LogP contribution is -2.57. The van der Waals surface area contributed by atoms with Gasteiger partial charge < -0.3 is 9.64 Å². The largest absolute Gasteiger partial charge is 0.493 e. The molecular weight excluding hydrogens is 315 g/mol. The fourth-order valence-electron chi connectivity index (χ4n) is 4.01. The summed E-state index contributed by atoms with van der Waals surface area (Å²) in [7, 11) is 0. The SMILES string of the molecule is Fc1ccc(OC[C@@H]2CCC3CN(c4ccccc4)CCN3C2)cc1. The van der Waals surface area contributed by atoms with E-state index in [-0.39, 0.29) is 5.82 Å². The molecule has 2 aliphatic heterocycles. The average Bonchev–Trinajstić information content (AvgIpc) is 2.68. The zero-order chi connectivity index (χ0) is 17.1. The number of ether oxygens (including phenoxy) is 1. The molecule has 2 aliphatic rings. The molecule has 132 valence electrons. The van der Waals surface area contributed by atoms with Gasteiger partial charge in [-0.15, -0.1) is 0 Å². The van der Waals surface area contributed by atoms with Gasteiger partial charge in [0.05, 0.1) is 6.61 Å². The van der Waals surface area contributed by atoms with E-state index < -0.39 is 0 Å². The van der Waals surface area contributed by atoms with Gasteiger partial charge in [0.15, 0.2) is 0 Å². The van der Waals surface area contributed by atoms with Crippen molar-refractivity contribution < 1.29 is 9.13 Å². The van der Waals surface area contributed by atoms with Gasteiger partial charge in [0.2, 0.25) is 0 Å². The number of para-hydroxylation sites is 1. The van der Waals surface area contributed by atoms with Gasteiger partial charge in [-0.1, -0.05) is 18.2 Å². The molecule has 3 nitrogen and oxygen atoms in total. The van der Waals surface area contributed by atoms with Crippen molar-refractivity contribution in [3.63, 3.8) is 0 Å². The molecule has 2 heterocycles. The average molecular weight is 340 g/mol. The first kappa shape index (κ1) is 16.4. The van der Waals surface area contributed by atoms with Gasteiger partial charge in [-0.25, -0.2) is 4.39 Å². The number of halogens is 1. The highest BCUT2D eigenvalue weighted by Gasteiger charge is 2.33. The lowest BCUT2D eigenvalue weighted by Gasteiger charge is -2.47. The van der Waals surface area contributed by atoms with Crippen LogP contribution in [0.25, 0.3) is 0 Å². The number of piperazine rings is 1. The van der Waals surface area contributed by atoms with Crippen LogP contribution in [0.1, 0.15) is 12.8 Å². The highest BCUT2D eigenvalue weighted by Crippen LogP contribution is 2.28. The maximum Gasteiger partial charge on any atom is 0.123 e. The first-order chi connectivity index (χ1) is 12.3. The number of benzene rings is 2. The molecule has 0 amide bonds. The molecule has 1 unspecified atom stereocenters. The van der Waals surface area contributed by atoms with Crippen molar-refractivity contribution in [1.82, 2.24) is 4.90 Å². The van der Waals surface area contributed by atoms with Gasteiger partial charge in [-0.3, -0.25) is 4.90 Å². The van der Waals surface area contributed by atoms with E-state index in [0.717, 1.165) is 38.5 Å². The first-order valence-corrected chi connectivity index (χ1v) is 9.20. The normalized spacial score (nSPS) is 24.0. The Balaban J connectivity index is 1.29. The number of hydrogen-bond acceptors (Lipinski definition) is 3. The van der Waals surface area contributed by atoms with E-state index in [1.54, 1.807) is 12.1 Å². The molecule has 2 aromatic rings. The fraction of sp³-hybridized carbons (Fsp3) is 0.429. The molecule has 0 saturated carbocycles. The summed E-state index contributed by atoms with van der Waals surface area (Å²) in [6, 6.07) is 17.7. The lowest BCUT2D eigenvalue weighted by molar-refractivity contribution is 0.0729. The van der Waals surface area contributed by atoms with Crippen LogP contribution in [0.4, 0.5) is 10.1 Å². The second-order valence-corrected chi connectivity index (χ2v) is 7.14. The van der Waals surface area contributed by atoms with Crippen molar-refractivity contribution in [3.8, 4) is 5.75 Å². The molecule has 0 spiro atoms. The molecule has 4 rings (SSSR count). The lowest BCUT2D eigenvalue weighted by atomic mass is 9.91. The third-order valence-electron chi connectivity index (χ3n) is 5.43. The second-order valence-electron chi connectivity index (χ2n) is 7.14. The van der Waals surface area contributed by atoms with Gasteiger partial charge in [0, 0.05) is 43.8 Å². The Labute approximate surface area is 149 Å². The van der Waals surface area contributed by atoms with E-state index >= 15 is 0 Å². The van der Waals surface area contributed by atoms with Crippen LogP contribution < -0.4 is 9.64 Å². The molecule has 0 aliphatic carbocycles. The zero-order valence-corrected chi connectivity index (χ0v) is 14.5. The quantitative estimate of drug-likeness (QED) is 0.842. The molecule has 0 radical (unpaired) electrons. The molecule has 4 heteroatoms. The highest BCUT2D eigenvalue weighted by atomic mass is 19.1. The number of fused-ring (bicyclic) bond motifs is 1. The van der Waals surface area contributed by atoms with Gasteiger partial charge in [-0.05, 0) is 49.2 Å². The smallest absolute Gasteiger partial charge is 0.123 e. The highest BCUT2D eigenvalue weighted by molar-refractivity contribution is 5.46. The zero-order valence-electron chi connectivity index (χ0n) is 14.5. The maximum absolute atomic E-state index is 13.0. The monoisotopic (exact) mass is 340 g/mol. The first-order valence-electron chi connectivity index (χ1n) is 9.20. The van der Waals surface area contributed by atoms with Crippen molar-refractivity contribution in [3.05, 3.63) is 60.4 Å². The molecule has 2 fully saturated rings. The number of hydrogen-bond donors (Lipinski definition) is 0. The van der Waals surface area contributed by atoms with E-state index in [0.29, 0.717) is 12.0 Å². The maximum atomic E-state index is 13.0. The van der Waals surface area contributed by atoms with Crippen LogP contribution in [0.15, 0.2) is 54.6 Å². The summed E-state index contributed by atoms with van der Waals surface area (Å²) < 4.78 is 18.8. The predicted octanol–water partition coefficient (Wildman–Crippen LogP) is 3.81. The van der Waals surface area contributed by atoms with Crippen LogP contribution in [0.3, 0.4) is 0 Å². The van der Waals surface area contributed by atoms with Crippen molar-refractivity contribution in [2.75, 3.05) is 37.7 Å². The van der Waals surface area contributed by atoms with Crippen LogP contribution in [-0.4, -0.2) is 43.7 Å². The van der Waals surface area contributed by atoms with Crippen LogP contribution in [0, 0.1) is 11.7 Å². The van der Waals surface area contributed by atoms with Crippen molar-refractivity contribution >= 4 is 5.69 Å². The molecule has 2 aromatic carbocycles. The van der Waals surface area contributed by atoms with E-state index in [1.807, 2.05) is 0 Å². The minimum Gasteiger partial charge on any atom is -0.493 e. The van der Waals surface area contributed by atoms with Gasteiger partial charge >= 0.3 is 0 Å². The predicted molar refractivity (Wildman–Crippen MR) is 98.6 cm³/mol. The van der Waals surface area contributed by atoms with E-state index in [1.165, 1.54) is 30.7 Å². The summed E-state index contributed by atoms with van der Waals surface area (Å²) in [5.74, 6) is 1.10. The number of rotatable bonds is 4.